The average molecular weight is 561 g/mol. The first-order valence-corrected chi connectivity index (χ1v) is 13.1. The number of benzene rings is 3. The van der Waals surface area contributed by atoms with Crippen LogP contribution in [0.4, 0.5) is 36.3 Å². The third-order valence-electron chi connectivity index (χ3n) is 6.06. The highest BCUT2D eigenvalue weighted by molar-refractivity contribution is 5.90. The number of rotatable bonds is 8. The van der Waals surface area contributed by atoms with Crippen molar-refractivity contribution in [1.82, 2.24) is 0 Å². The minimum atomic E-state index is -0.669. The molecule has 10 nitrogen and oxygen atoms in total. The Kier molecular flexibility index (Phi) is 7.90. The summed E-state index contributed by atoms with van der Waals surface area (Å²) in [5, 5.41) is 20.0. The molecular formula is C29H30F2N8O2+2. The van der Waals surface area contributed by atoms with Gasteiger partial charge in [-0.2, -0.15) is 0 Å². The van der Waals surface area contributed by atoms with Gasteiger partial charge in [-0.1, -0.05) is 24.3 Å². The fourth-order valence-electron chi connectivity index (χ4n) is 4.36. The summed E-state index contributed by atoms with van der Waals surface area (Å²) >= 11 is 0. The molecule has 3 aromatic rings. The van der Waals surface area contributed by atoms with Gasteiger partial charge in [0.2, 0.25) is 12.1 Å². The van der Waals surface area contributed by atoms with Crippen LogP contribution >= 0.6 is 0 Å². The van der Waals surface area contributed by atoms with Gasteiger partial charge in [0, 0.05) is 22.4 Å². The van der Waals surface area contributed by atoms with Crippen LogP contribution in [-0.4, -0.2) is 58.7 Å². The zero-order valence-electron chi connectivity index (χ0n) is 22.9. The molecule has 1 N–H and O–H groups in total. The largest absolute Gasteiger partial charge is 0.444 e. The normalized spacial score (nSPS) is 17.8. The van der Waals surface area contributed by atoms with E-state index in [0.717, 1.165) is 0 Å². The van der Waals surface area contributed by atoms with Gasteiger partial charge in [-0.25, -0.2) is 13.6 Å². The fourth-order valence-corrected chi connectivity index (χ4v) is 4.36. The number of carbonyl (C=O) groups excluding carboxylic acids is 1. The maximum atomic E-state index is 13.8. The molecule has 0 aromatic heterocycles. The van der Waals surface area contributed by atoms with Crippen molar-refractivity contribution >= 4 is 41.3 Å². The number of nitrogens with zero attached hydrogens (tertiary/aromatic N) is 7. The molecule has 3 aromatic carbocycles. The smallest absolute Gasteiger partial charge is 0.412 e. The van der Waals surface area contributed by atoms with Gasteiger partial charge in [0.15, 0.2) is 23.8 Å². The predicted molar refractivity (Wildman–Crippen MR) is 151 cm³/mol. The molecule has 0 aliphatic carbocycles. The van der Waals surface area contributed by atoms with Gasteiger partial charge in [0.1, 0.15) is 27.7 Å². The second-order valence-electron chi connectivity index (χ2n) is 10.5. The van der Waals surface area contributed by atoms with Gasteiger partial charge in [-0.3, -0.25) is 5.32 Å². The van der Waals surface area contributed by atoms with Crippen LogP contribution in [0.15, 0.2) is 93.5 Å². The number of para-hydroxylation sites is 2. The first-order chi connectivity index (χ1) is 19.6. The minimum absolute atomic E-state index is 0.363. The highest BCUT2D eigenvalue weighted by atomic mass is 19.1. The van der Waals surface area contributed by atoms with Crippen molar-refractivity contribution in [2.24, 2.45) is 20.7 Å². The summed E-state index contributed by atoms with van der Waals surface area (Å²) in [6.45, 7) is 6.11. The van der Waals surface area contributed by atoms with E-state index in [1.54, 1.807) is 63.5 Å². The molecule has 5 rings (SSSR count). The van der Waals surface area contributed by atoms with Gasteiger partial charge in [0.05, 0.1) is 24.5 Å². The number of ether oxygens (including phenoxy) is 1. The molecule has 2 aliphatic rings. The zero-order chi connectivity index (χ0) is 29.0. The Morgan fingerprint density at radius 1 is 0.854 bits per heavy atom. The summed E-state index contributed by atoms with van der Waals surface area (Å²) in [7, 11) is 0. The highest BCUT2D eigenvalue weighted by Gasteiger charge is 2.32. The van der Waals surface area contributed by atoms with E-state index in [-0.39, 0.29) is 23.7 Å². The van der Waals surface area contributed by atoms with Crippen molar-refractivity contribution in [1.29, 1.82) is 0 Å². The molecule has 0 saturated carbocycles. The van der Waals surface area contributed by atoms with Crippen LogP contribution in [0.2, 0.25) is 0 Å². The monoisotopic (exact) mass is 560 g/mol. The Bertz CT molecular complexity index is 1480. The fraction of sp³-hybridized carbons (Fsp3) is 0.276. The maximum Gasteiger partial charge on any atom is 0.412 e. The van der Waals surface area contributed by atoms with Crippen molar-refractivity contribution in [2.45, 2.75) is 38.5 Å². The van der Waals surface area contributed by atoms with Crippen molar-refractivity contribution in [3.63, 3.8) is 0 Å². The second-order valence-corrected chi connectivity index (χ2v) is 10.5. The number of halogens is 2. The van der Waals surface area contributed by atoms with Crippen LogP contribution in [0.5, 0.6) is 0 Å². The number of nitrogens with one attached hydrogen (secondary N) is 1. The summed E-state index contributed by atoms with van der Waals surface area (Å²) < 4.78 is 36.1. The van der Waals surface area contributed by atoms with E-state index < -0.39 is 11.7 Å². The van der Waals surface area contributed by atoms with Crippen molar-refractivity contribution < 1.29 is 27.7 Å². The Morgan fingerprint density at radius 2 is 1.39 bits per heavy atom. The Hall–Kier alpha value is -4.87. The standard InChI is InChI=1S/C29H29F2N8O2/c1-29(2,3)41-28(40)32-26-12-4-5-13-27(26)37(16-22-18-38(35-33-22)24-10-6-8-20(30)14-24)17-23-19-39(36-34-23)25-11-7-9-21(31)15-25/h4-15,18-19,22-23H,16-17H2,1-3H3/q+1/p+1. The van der Waals surface area contributed by atoms with E-state index in [2.05, 4.69) is 26.0 Å². The van der Waals surface area contributed by atoms with E-state index in [9.17, 15) is 13.6 Å². The first kappa shape index (κ1) is 27.7. The lowest BCUT2D eigenvalue weighted by Crippen LogP contribution is -2.38. The molecule has 2 unspecified atom stereocenters. The minimum Gasteiger partial charge on any atom is -0.444 e. The molecule has 0 saturated heterocycles. The van der Waals surface area contributed by atoms with Crippen LogP contribution in [0.1, 0.15) is 20.8 Å². The summed E-state index contributed by atoms with van der Waals surface area (Å²) in [4.78, 5) is 14.7. The average Bonchev–Trinajstić information content (AvgIpc) is 3.58. The van der Waals surface area contributed by atoms with Crippen molar-refractivity contribution in [2.75, 3.05) is 23.3 Å². The van der Waals surface area contributed by atoms with Gasteiger partial charge >= 0.3 is 6.09 Å². The summed E-state index contributed by atoms with van der Waals surface area (Å²) in [6.07, 6.45) is 3.01. The van der Waals surface area contributed by atoms with Gasteiger partial charge in [0.25, 0.3) is 0 Å². The van der Waals surface area contributed by atoms with Gasteiger partial charge in [-0.05, 0) is 57.2 Å². The summed E-state index contributed by atoms with van der Waals surface area (Å²) in [5.74, 6) is -0.744. The Labute approximate surface area is 236 Å². The number of carbonyl (C=O) groups is 1. The predicted octanol–water partition coefficient (Wildman–Crippen LogP) is 6.45. The van der Waals surface area contributed by atoms with Gasteiger partial charge < -0.3 is 9.64 Å². The zero-order valence-corrected chi connectivity index (χ0v) is 22.9. The topological polar surface area (TPSA) is 97.0 Å². The molecule has 0 radical (unpaired) electrons. The quantitative estimate of drug-likeness (QED) is 0.321. The second kappa shape index (κ2) is 11.7. The molecule has 2 aliphatic heterocycles. The van der Waals surface area contributed by atoms with E-state index in [1.807, 2.05) is 23.1 Å². The summed E-state index contributed by atoms with van der Waals surface area (Å²) in [6, 6.07) is 18.8. The molecule has 41 heavy (non-hydrogen) atoms. The lowest BCUT2D eigenvalue weighted by molar-refractivity contribution is -0.444. The van der Waals surface area contributed by atoms with Crippen LogP contribution in [0.3, 0.4) is 0 Å². The first-order valence-electron chi connectivity index (χ1n) is 13.1. The molecule has 210 valence electrons. The SMILES string of the molecule is CC(C)(C)OC(=O)Nc1ccccc1N(CC1C=[N+](c2cccc(F)c2)N=N1)CC1C=[N+](c2cccc(F)c2)N=N1. The summed E-state index contributed by atoms with van der Waals surface area (Å²) in [5.41, 5.74) is 1.68. The van der Waals surface area contributed by atoms with Crippen LogP contribution in [0.25, 0.3) is 0 Å². The van der Waals surface area contributed by atoms with Crippen LogP contribution in [0, 0.1) is 11.6 Å². The molecule has 12 heteroatoms. The molecule has 1 amide bonds. The third-order valence-corrected chi connectivity index (χ3v) is 6.06. The third kappa shape index (κ3) is 7.21. The molecular weight excluding hydrogens is 530 g/mol. The van der Waals surface area contributed by atoms with E-state index in [1.165, 1.54) is 33.6 Å². The Balaban J connectivity index is 1.42. The van der Waals surface area contributed by atoms with E-state index in [4.69, 9.17) is 4.74 Å². The molecule has 2 atom stereocenters. The number of anilines is 2. The lowest BCUT2D eigenvalue weighted by atomic mass is 10.2. The van der Waals surface area contributed by atoms with Crippen LogP contribution in [-0.2, 0) is 4.74 Å². The number of hydrogen-bond donors (Lipinski definition) is 1. The van der Waals surface area contributed by atoms with Crippen LogP contribution < -0.4 is 10.2 Å². The Morgan fingerprint density at radius 3 is 1.90 bits per heavy atom. The molecule has 2 heterocycles. The molecule has 0 fully saturated rings. The van der Waals surface area contributed by atoms with E-state index in [0.29, 0.717) is 35.8 Å². The molecule has 0 spiro atoms. The van der Waals surface area contributed by atoms with E-state index >= 15 is 0 Å². The van der Waals surface area contributed by atoms with Gasteiger partial charge in [-0.15, -0.1) is 9.37 Å². The highest BCUT2D eigenvalue weighted by Crippen LogP contribution is 2.29. The van der Waals surface area contributed by atoms with Crippen molar-refractivity contribution in [3.8, 4) is 0 Å². The lowest BCUT2D eigenvalue weighted by Gasteiger charge is -2.27. The van der Waals surface area contributed by atoms with Crippen molar-refractivity contribution in [3.05, 3.63) is 84.4 Å². The number of amides is 1. The maximum absolute atomic E-state index is 13.8. The molecule has 0 bridgehead atoms. The number of hydrogen-bond acceptors (Lipinski definition) is 7.